The fraction of sp³-hybridized carbons (Fsp3) is 0.263. The molecule has 1 N–H and O–H groups in total. The molecule has 0 fully saturated rings. The first-order valence-electron chi connectivity index (χ1n) is 7.52. The van der Waals surface area contributed by atoms with Crippen LogP contribution in [0.2, 0.25) is 0 Å². The Morgan fingerprint density at radius 1 is 0.750 bits per heavy atom. The number of hydrogen-bond donors (Lipinski definition) is 1. The number of ether oxygens (including phenoxy) is 4. The number of aliphatic hydroxyl groups is 1. The topological polar surface area (TPSA) is 57.2 Å². The lowest BCUT2D eigenvalue weighted by molar-refractivity contribution is 0.273. The normalized spacial score (nSPS) is 10.9. The molecule has 0 spiro atoms. The Kier molecular flexibility index (Phi) is 4.36. The van der Waals surface area contributed by atoms with Crippen LogP contribution in [0.5, 0.6) is 23.0 Å². The van der Waals surface area contributed by atoms with E-state index in [9.17, 15) is 5.11 Å². The molecule has 3 aromatic carbocycles. The van der Waals surface area contributed by atoms with Gasteiger partial charge in [-0.25, -0.2) is 0 Å². The van der Waals surface area contributed by atoms with Crippen molar-refractivity contribution in [3.05, 3.63) is 35.9 Å². The lowest BCUT2D eigenvalue weighted by Crippen LogP contribution is -2.00. The minimum absolute atomic E-state index is 0.173. The summed E-state index contributed by atoms with van der Waals surface area (Å²) in [5.74, 6) is 2.48. The summed E-state index contributed by atoms with van der Waals surface area (Å²) in [6, 6.07) is 9.59. The highest BCUT2D eigenvalue weighted by molar-refractivity contribution is 6.15. The second-order valence-corrected chi connectivity index (χ2v) is 5.29. The van der Waals surface area contributed by atoms with Crippen molar-refractivity contribution in [1.82, 2.24) is 0 Å². The summed E-state index contributed by atoms with van der Waals surface area (Å²) in [7, 11) is 6.40. The van der Waals surface area contributed by atoms with Crippen LogP contribution in [0.25, 0.3) is 21.5 Å². The average Bonchev–Trinajstić information content (AvgIpc) is 2.64. The van der Waals surface area contributed by atoms with Gasteiger partial charge in [0.2, 0.25) is 0 Å². The number of hydrogen-bond acceptors (Lipinski definition) is 5. The molecule has 0 heterocycles. The minimum atomic E-state index is -0.173. The highest BCUT2D eigenvalue weighted by Gasteiger charge is 2.24. The molecule has 126 valence electrons. The minimum Gasteiger partial charge on any atom is -0.496 e. The second-order valence-electron chi connectivity index (χ2n) is 5.29. The lowest BCUT2D eigenvalue weighted by atomic mass is 9.97. The second kappa shape index (κ2) is 6.45. The predicted molar refractivity (Wildman–Crippen MR) is 93.6 cm³/mol. The van der Waals surface area contributed by atoms with Crippen molar-refractivity contribution in [2.75, 3.05) is 28.4 Å². The molecule has 0 radical (unpaired) electrons. The van der Waals surface area contributed by atoms with Crippen LogP contribution >= 0.6 is 0 Å². The fourth-order valence-electron chi connectivity index (χ4n) is 3.22. The van der Waals surface area contributed by atoms with Crippen molar-refractivity contribution in [1.29, 1.82) is 0 Å². The number of fused-ring (bicyclic) bond motifs is 2. The number of methoxy groups -OCH3 is 4. The largest absolute Gasteiger partial charge is 0.496 e. The zero-order valence-corrected chi connectivity index (χ0v) is 14.2. The molecule has 5 nitrogen and oxygen atoms in total. The highest BCUT2D eigenvalue weighted by Crippen LogP contribution is 2.51. The van der Waals surface area contributed by atoms with Crippen LogP contribution in [-0.2, 0) is 6.61 Å². The third-order valence-electron chi connectivity index (χ3n) is 4.19. The highest BCUT2D eigenvalue weighted by atomic mass is 16.5. The van der Waals surface area contributed by atoms with Gasteiger partial charge in [0.25, 0.3) is 0 Å². The summed E-state index contributed by atoms with van der Waals surface area (Å²) in [4.78, 5) is 0. The van der Waals surface area contributed by atoms with Crippen LogP contribution in [0, 0.1) is 0 Å². The monoisotopic (exact) mass is 328 g/mol. The maximum absolute atomic E-state index is 9.72. The lowest BCUT2D eigenvalue weighted by Gasteiger charge is -2.20. The molecule has 3 aromatic rings. The molecule has 5 heteroatoms. The van der Waals surface area contributed by atoms with Crippen molar-refractivity contribution in [3.8, 4) is 23.0 Å². The molecule has 0 aliphatic heterocycles. The van der Waals surface area contributed by atoms with E-state index in [0.717, 1.165) is 21.5 Å². The number of rotatable bonds is 5. The van der Waals surface area contributed by atoms with Crippen LogP contribution in [0.1, 0.15) is 5.56 Å². The molecule has 0 bridgehead atoms. The molecule has 0 atom stereocenters. The Bertz CT molecular complexity index is 902. The molecule has 0 saturated carbocycles. The van der Waals surface area contributed by atoms with Crippen molar-refractivity contribution >= 4 is 21.5 Å². The van der Waals surface area contributed by atoms with E-state index in [0.29, 0.717) is 28.6 Å². The first-order chi connectivity index (χ1) is 11.7. The molecule has 0 unspecified atom stereocenters. The number of aliphatic hydroxyl groups excluding tert-OH is 1. The van der Waals surface area contributed by atoms with Crippen molar-refractivity contribution < 1.29 is 24.1 Å². The van der Waals surface area contributed by atoms with Crippen LogP contribution in [-0.4, -0.2) is 33.5 Å². The Morgan fingerprint density at radius 3 is 1.75 bits per heavy atom. The molecule has 24 heavy (non-hydrogen) atoms. The molecule has 0 amide bonds. The molecule has 0 aliphatic carbocycles. The van der Waals surface area contributed by atoms with Gasteiger partial charge in [0.05, 0.1) is 45.8 Å². The summed E-state index contributed by atoms with van der Waals surface area (Å²) in [6.07, 6.45) is 0. The van der Waals surface area contributed by atoms with E-state index in [1.165, 1.54) is 0 Å². The smallest absolute Gasteiger partial charge is 0.138 e. The van der Waals surface area contributed by atoms with Gasteiger partial charge in [-0.1, -0.05) is 24.3 Å². The Hall–Kier alpha value is -2.66. The molecule has 0 aliphatic rings. The van der Waals surface area contributed by atoms with Gasteiger partial charge in [-0.15, -0.1) is 0 Å². The van der Waals surface area contributed by atoms with Gasteiger partial charge >= 0.3 is 0 Å². The summed E-state index contributed by atoms with van der Waals surface area (Å²) in [6.45, 7) is -0.173. The first-order valence-corrected chi connectivity index (χ1v) is 7.52. The van der Waals surface area contributed by atoms with Crippen LogP contribution < -0.4 is 18.9 Å². The van der Waals surface area contributed by atoms with Crippen LogP contribution in [0.15, 0.2) is 30.3 Å². The summed E-state index contributed by atoms with van der Waals surface area (Å²) in [5, 5.41) is 13.0. The van der Waals surface area contributed by atoms with Gasteiger partial charge in [-0.3, -0.25) is 0 Å². The van der Waals surface area contributed by atoms with Crippen LogP contribution in [0.3, 0.4) is 0 Å². The standard InChI is InChI=1S/C19H20O5/c1-21-14-9-11(10-20)17(22-2)16-15(14)18(23-3)12-7-5-6-8-13(12)19(16)24-4/h5-9,20H,10H2,1-4H3. The predicted octanol–water partition coefficient (Wildman–Crippen LogP) is 3.52. The van der Waals surface area contributed by atoms with Crippen molar-refractivity contribution in [2.24, 2.45) is 0 Å². The van der Waals surface area contributed by atoms with Crippen molar-refractivity contribution in [3.63, 3.8) is 0 Å². The van der Waals surface area contributed by atoms with Gasteiger partial charge in [-0.05, 0) is 6.07 Å². The van der Waals surface area contributed by atoms with Gasteiger partial charge < -0.3 is 24.1 Å². The zero-order chi connectivity index (χ0) is 17.3. The van der Waals surface area contributed by atoms with Gasteiger partial charge in [0, 0.05) is 16.3 Å². The quantitative estimate of drug-likeness (QED) is 0.726. The Morgan fingerprint density at radius 2 is 1.29 bits per heavy atom. The Labute approximate surface area is 140 Å². The zero-order valence-electron chi connectivity index (χ0n) is 14.2. The van der Waals surface area contributed by atoms with Gasteiger partial charge in [-0.2, -0.15) is 0 Å². The van der Waals surface area contributed by atoms with E-state index in [1.807, 2.05) is 24.3 Å². The number of benzene rings is 3. The summed E-state index contributed by atoms with van der Waals surface area (Å²) < 4.78 is 22.6. The van der Waals surface area contributed by atoms with E-state index in [1.54, 1.807) is 34.5 Å². The maximum atomic E-state index is 9.72. The van der Waals surface area contributed by atoms with Gasteiger partial charge in [0.15, 0.2) is 0 Å². The van der Waals surface area contributed by atoms with E-state index in [2.05, 4.69) is 0 Å². The molecular formula is C19H20O5. The third kappa shape index (κ3) is 2.20. The van der Waals surface area contributed by atoms with E-state index in [4.69, 9.17) is 18.9 Å². The van der Waals surface area contributed by atoms with E-state index < -0.39 is 0 Å². The molecule has 0 aromatic heterocycles. The fourth-order valence-corrected chi connectivity index (χ4v) is 3.22. The third-order valence-corrected chi connectivity index (χ3v) is 4.19. The van der Waals surface area contributed by atoms with E-state index in [-0.39, 0.29) is 6.61 Å². The first kappa shape index (κ1) is 16.2. The maximum Gasteiger partial charge on any atom is 0.138 e. The van der Waals surface area contributed by atoms with Crippen LogP contribution in [0.4, 0.5) is 0 Å². The molecule has 3 rings (SSSR count). The summed E-state index contributed by atoms with van der Waals surface area (Å²) in [5.41, 5.74) is 0.623. The van der Waals surface area contributed by atoms with E-state index >= 15 is 0 Å². The SMILES string of the molecule is COc1cc(CO)c(OC)c2c(OC)c3ccccc3c(OC)c12. The van der Waals surface area contributed by atoms with Crippen molar-refractivity contribution in [2.45, 2.75) is 6.61 Å². The average molecular weight is 328 g/mol. The Balaban J connectivity index is 2.68. The molecular weight excluding hydrogens is 308 g/mol. The summed E-state index contributed by atoms with van der Waals surface area (Å²) >= 11 is 0. The van der Waals surface area contributed by atoms with Gasteiger partial charge in [0.1, 0.15) is 23.0 Å². The molecule has 0 saturated heterocycles.